The fourth-order valence-corrected chi connectivity index (χ4v) is 2.93. The summed E-state index contributed by atoms with van der Waals surface area (Å²) in [4.78, 5) is 28.3. The van der Waals surface area contributed by atoms with Crippen molar-refractivity contribution in [2.75, 3.05) is 25.8 Å². The second-order valence-corrected chi connectivity index (χ2v) is 7.29. The number of alkyl halides is 1. The van der Waals surface area contributed by atoms with E-state index < -0.39 is 13.1 Å². The van der Waals surface area contributed by atoms with Gasteiger partial charge in [-0.3, -0.25) is 9.46 Å². The Morgan fingerprint density at radius 2 is 2.26 bits per heavy atom. The van der Waals surface area contributed by atoms with Crippen molar-refractivity contribution in [3.8, 4) is 6.07 Å². The highest BCUT2D eigenvalue weighted by atomic mass is 35.5. The van der Waals surface area contributed by atoms with Crippen molar-refractivity contribution in [2.45, 2.75) is 18.5 Å². The Balaban J connectivity index is 1.97. The second-order valence-electron chi connectivity index (χ2n) is 5.07. The van der Waals surface area contributed by atoms with Crippen LogP contribution in [0.25, 0.3) is 0 Å². The number of fused-ring (bicyclic) bond motifs is 1. The van der Waals surface area contributed by atoms with Crippen LogP contribution in [-0.2, 0) is 11.1 Å². The van der Waals surface area contributed by atoms with E-state index >= 15 is 0 Å². The molecule has 1 unspecified atom stereocenters. The summed E-state index contributed by atoms with van der Waals surface area (Å²) in [7, 11) is -4.06. The molecule has 0 radical (unpaired) electrons. The SMILES string of the molecule is N#CCCN(CCn1cnc2c1N=CNC2Cl)CCP(=O)(O)O. The molecule has 11 heteroatoms. The van der Waals surface area contributed by atoms with Gasteiger partial charge in [0.2, 0.25) is 0 Å². The van der Waals surface area contributed by atoms with Crippen molar-refractivity contribution >= 4 is 31.4 Å². The Morgan fingerprint density at radius 3 is 2.96 bits per heavy atom. The predicted octanol–water partition coefficient (Wildman–Crippen LogP) is 0.777. The molecule has 0 bridgehead atoms. The van der Waals surface area contributed by atoms with Gasteiger partial charge in [0.05, 0.1) is 24.9 Å². The van der Waals surface area contributed by atoms with E-state index in [-0.39, 0.29) is 12.7 Å². The molecule has 0 saturated carbocycles. The van der Waals surface area contributed by atoms with Gasteiger partial charge in [-0.05, 0) is 0 Å². The minimum Gasteiger partial charge on any atom is -0.355 e. The van der Waals surface area contributed by atoms with Gasteiger partial charge in [0.15, 0.2) is 5.82 Å². The molecule has 1 aromatic rings. The normalized spacial score (nSPS) is 16.9. The van der Waals surface area contributed by atoms with E-state index in [2.05, 4.69) is 15.3 Å². The fourth-order valence-electron chi connectivity index (χ4n) is 2.18. The monoisotopic (exact) mass is 360 g/mol. The van der Waals surface area contributed by atoms with E-state index in [9.17, 15) is 4.57 Å². The number of hydrogen-bond donors (Lipinski definition) is 3. The summed E-state index contributed by atoms with van der Waals surface area (Å²) in [6, 6.07) is 2.04. The van der Waals surface area contributed by atoms with Gasteiger partial charge in [0.25, 0.3) is 0 Å². The summed E-state index contributed by atoms with van der Waals surface area (Å²) < 4.78 is 12.8. The summed E-state index contributed by atoms with van der Waals surface area (Å²) in [6.45, 7) is 1.75. The predicted molar refractivity (Wildman–Crippen MR) is 85.7 cm³/mol. The van der Waals surface area contributed by atoms with Crippen molar-refractivity contribution in [1.29, 1.82) is 5.26 Å². The van der Waals surface area contributed by atoms with Crippen molar-refractivity contribution in [1.82, 2.24) is 19.8 Å². The number of rotatable bonds is 8. The highest BCUT2D eigenvalue weighted by Crippen LogP contribution is 2.33. The van der Waals surface area contributed by atoms with Crippen LogP contribution < -0.4 is 5.32 Å². The zero-order valence-corrected chi connectivity index (χ0v) is 14.0. The third-order valence-corrected chi connectivity index (χ3v) is 4.50. The Hall–Kier alpha value is -1.43. The van der Waals surface area contributed by atoms with Crippen LogP contribution in [0, 0.1) is 11.3 Å². The van der Waals surface area contributed by atoms with Gasteiger partial charge < -0.3 is 19.7 Å². The maximum Gasteiger partial charge on any atom is 0.326 e. The molecule has 2 heterocycles. The second kappa shape index (κ2) is 7.90. The van der Waals surface area contributed by atoms with Gasteiger partial charge >= 0.3 is 7.60 Å². The van der Waals surface area contributed by atoms with E-state index in [0.717, 1.165) is 0 Å². The molecule has 9 nitrogen and oxygen atoms in total. The van der Waals surface area contributed by atoms with Crippen molar-refractivity contribution < 1.29 is 14.4 Å². The van der Waals surface area contributed by atoms with Crippen LogP contribution in [0.4, 0.5) is 5.82 Å². The Kier molecular flexibility index (Phi) is 6.16. The lowest BCUT2D eigenvalue weighted by Crippen LogP contribution is -2.31. The van der Waals surface area contributed by atoms with E-state index in [1.165, 1.54) is 6.34 Å². The number of nitrogens with one attached hydrogen (secondary N) is 1. The molecule has 0 aliphatic carbocycles. The highest BCUT2D eigenvalue weighted by molar-refractivity contribution is 7.51. The van der Waals surface area contributed by atoms with Gasteiger partial charge in [-0.1, -0.05) is 11.6 Å². The Labute approximate surface area is 138 Å². The minimum absolute atomic E-state index is 0.228. The minimum atomic E-state index is -4.06. The smallest absolute Gasteiger partial charge is 0.326 e. The van der Waals surface area contributed by atoms with E-state index in [0.29, 0.717) is 37.6 Å². The van der Waals surface area contributed by atoms with Crippen LogP contribution in [0.2, 0.25) is 0 Å². The number of nitriles is 1. The van der Waals surface area contributed by atoms with Gasteiger partial charge in [-0.15, -0.1) is 0 Å². The molecular formula is C12H18ClN6O3P. The number of imidazole rings is 1. The Bertz CT molecular complexity index is 652. The van der Waals surface area contributed by atoms with Crippen LogP contribution in [0.5, 0.6) is 0 Å². The van der Waals surface area contributed by atoms with E-state index in [1.54, 1.807) is 6.33 Å². The van der Waals surface area contributed by atoms with Gasteiger partial charge in [-0.25, -0.2) is 9.98 Å². The number of aliphatic imine (C=N–C) groups is 1. The van der Waals surface area contributed by atoms with E-state index in [4.69, 9.17) is 26.6 Å². The molecule has 1 aromatic heterocycles. The first kappa shape index (κ1) is 17.9. The number of aromatic nitrogens is 2. The molecule has 1 atom stereocenters. The maximum absolute atomic E-state index is 11.0. The molecule has 23 heavy (non-hydrogen) atoms. The lowest BCUT2D eigenvalue weighted by Gasteiger charge is -2.22. The number of halogens is 1. The molecule has 1 aliphatic heterocycles. The Morgan fingerprint density at radius 1 is 1.48 bits per heavy atom. The quantitative estimate of drug-likeness (QED) is 0.355. The number of nitrogens with zero attached hydrogens (tertiary/aromatic N) is 5. The van der Waals surface area contributed by atoms with Crippen molar-refractivity contribution in [3.05, 3.63) is 12.0 Å². The van der Waals surface area contributed by atoms with Crippen molar-refractivity contribution in [2.24, 2.45) is 4.99 Å². The molecular weight excluding hydrogens is 343 g/mol. The zero-order valence-electron chi connectivity index (χ0n) is 12.3. The first-order valence-corrected chi connectivity index (χ1v) is 9.25. The first-order valence-electron chi connectivity index (χ1n) is 7.02. The topological polar surface area (TPSA) is 127 Å². The van der Waals surface area contributed by atoms with Crippen LogP contribution in [0.15, 0.2) is 11.3 Å². The van der Waals surface area contributed by atoms with Crippen LogP contribution in [-0.4, -0.2) is 56.4 Å². The third kappa shape index (κ3) is 5.30. The van der Waals surface area contributed by atoms with E-state index in [1.807, 2.05) is 15.5 Å². The average molecular weight is 361 g/mol. The lowest BCUT2D eigenvalue weighted by atomic mass is 10.3. The molecule has 0 fully saturated rings. The summed E-state index contributed by atoms with van der Waals surface area (Å²) in [5.74, 6) is 0.666. The standard InChI is InChI=1S/C12H18ClN6O3P/c13-11-10-12(16-8-15-11)19(9-17-10)5-4-18(3-1-2-14)6-7-23(20,21)22/h8-9,11H,1,3-7H2,(H,15,16)(H2,20,21,22). The molecule has 0 spiro atoms. The molecule has 1 aliphatic rings. The molecule has 126 valence electrons. The molecule has 0 saturated heterocycles. The summed E-state index contributed by atoms with van der Waals surface area (Å²) >= 11 is 6.08. The number of hydrogen-bond acceptors (Lipinski definition) is 6. The fraction of sp³-hybridized carbons (Fsp3) is 0.583. The summed E-state index contributed by atoms with van der Waals surface area (Å²) in [6.07, 6.45) is 3.22. The largest absolute Gasteiger partial charge is 0.355 e. The summed E-state index contributed by atoms with van der Waals surface area (Å²) in [5, 5.41) is 11.5. The zero-order chi connectivity index (χ0) is 16.9. The van der Waals surface area contributed by atoms with Crippen LogP contribution in [0.1, 0.15) is 17.6 Å². The average Bonchev–Trinajstić information content (AvgIpc) is 2.90. The molecule has 0 amide bonds. The first-order chi connectivity index (χ1) is 10.9. The third-order valence-electron chi connectivity index (χ3n) is 3.39. The van der Waals surface area contributed by atoms with Gasteiger partial charge in [0.1, 0.15) is 11.2 Å². The highest BCUT2D eigenvalue weighted by Gasteiger charge is 2.21. The van der Waals surface area contributed by atoms with Gasteiger partial charge in [0, 0.05) is 32.6 Å². The van der Waals surface area contributed by atoms with Crippen LogP contribution >= 0.6 is 19.2 Å². The lowest BCUT2D eigenvalue weighted by molar-refractivity contribution is 0.274. The van der Waals surface area contributed by atoms with Crippen LogP contribution in [0.3, 0.4) is 0 Å². The molecule has 2 rings (SSSR count). The summed E-state index contributed by atoms with van der Waals surface area (Å²) in [5.41, 5.74) is 0.223. The van der Waals surface area contributed by atoms with Gasteiger partial charge in [-0.2, -0.15) is 5.26 Å². The van der Waals surface area contributed by atoms with Crippen molar-refractivity contribution in [3.63, 3.8) is 0 Å². The molecule has 3 N–H and O–H groups in total. The molecule has 0 aromatic carbocycles. The maximum atomic E-state index is 11.0.